The minimum absolute atomic E-state index is 0.0244. The summed E-state index contributed by atoms with van der Waals surface area (Å²) in [5.41, 5.74) is -0.434. The van der Waals surface area contributed by atoms with Crippen LogP contribution in [0.2, 0.25) is 0 Å². The Morgan fingerprint density at radius 3 is 2.40 bits per heavy atom. The maximum Gasteiger partial charge on any atom is 0.321 e. The SMILES string of the molecule is CCNC(=O)NC(=O)C(C)S(=O)CC1(CC(=O)O)CC1. The third kappa shape index (κ3) is 4.92. The van der Waals surface area contributed by atoms with Crippen molar-refractivity contribution in [2.24, 2.45) is 5.41 Å². The fourth-order valence-corrected chi connectivity index (χ4v) is 3.38. The van der Waals surface area contributed by atoms with Gasteiger partial charge in [0, 0.05) is 23.1 Å². The molecule has 0 radical (unpaired) electrons. The first-order valence-corrected chi connectivity index (χ1v) is 7.85. The van der Waals surface area contributed by atoms with Crippen LogP contribution in [0.1, 0.15) is 33.1 Å². The van der Waals surface area contributed by atoms with E-state index in [9.17, 15) is 18.6 Å². The Labute approximate surface area is 120 Å². The van der Waals surface area contributed by atoms with Gasteiger partial charge in [-0.15, -0.1) is 0 Å². The molecular weight excluding hydrogens is 284 g/mol. The zero-order valence-corrected chi connectivity index (χ0v) is 12.4. The number of carbonyl (C=O) groups excluding carboxylic acids is 2. The quantitative estimate of drug-likeness (QED) is 0.623. The van der Waals surface area contributed by atoms with Crippen LogP contribution in [0.4, 0.5) is 4.79 Å². The van der Waals surface area contributed by atoms with Gasteiger partial charge in [0.1, 0.15) is 5.25 Å². The molecule has 1 rings (SSSR count). The average Bonchev–Trinajstić information content (AvgIpc) is 3.06. The van der Waals surface area contributed by atoms with Gasteiger partial charge in [0.2, 0.25) is 5.91 Å². The molecule has 1 aliphatic rings. The first kappa shape index (κ1) is 16.6. The number of carbonyl (C=O) groups is 3. The van der Waals surface area contributed by atoms with Crippen molar-refractivity contribution in [1.29, 1.82) is 0 Å². The molecule has 2 atom stereocenters. The van der Waals surface area contributed by atoms with Crippen molar-refractivity contribution in [3.05, 3.63) is 0 Å². The Bertz CT molecular complexity index is 434. The van der Waals surface area contributed by atoms with Gasteiger partial charge in [-0.2, -0.15) is 0 Å². The van der Waals surface area contributed by atoms with Gasteiger partial charge >= 0.3 is 12.0 Å². The lowest BCUT2D eigenvalue weighted by Crippen LogP contribution is -2.45. The van der Waals surface area contributed by atoms with Crippen LogP contribution in [0.25, 0.3) is 0 Å². The van der Waals surface area contributed by atoms with Crippen LogP contribution >= 0.6 is 0 Å². The van der Waals surface area contributed by atoms with Gasteiger partial charge in [-0.1, -0.05) is 0 Å². The molecule has 3 amide bonds. The number of nitrogens with one attached hydrogen (secondary N) is 2. The number of hydrogen-bond donors (Lipinski definition) is 3. The van der Waals surface area contributed by atoms with Crippen LogP contribution in [-0.4, -0.2) is 44.8 Å². The summed E-state index contributed by atoms with van der Waals surface area (Å²) >= 11 is 0. The second kappa shape index (κ2) is 6.83. The summed E-state index contributed by atoms with van der Waals surface area (Å²) in [5.74, 6) is -1.34. The Morgan fingerprint density at radius 1 is 1.35 bits per heavy atom. The van der Waals surface area contributed by atoms with Crippen molar-refractivity contribution in [2.45, 2.75) is 38.4 Å². The maximum atomic E-state index is 12.1. The van der Waals surface area contributed by atoms with Crippen LogP contribution in [0.3, 0.4) is 0 Å². The van der Waals surface area contributed by atoms with E-state index in [0.717, 1.165) is 12.8 Å². The van der Waals surface area contributed by atoms with Crippen LogP contribution in [-0.2, 0) is 20.4 Å². The predicted octanol–water partition coefficient (Wildman–Crippen LogP) is 0.224. The highest BCUT2D eigenvalue weighted by Gasteiger charge is 2.46. The van der Waals surface area contributed by atoms with Gasteiger partial charge in [0.05, 0.1) is 6.42 Å². The van der Waals surface area contributed by atoms with E-state index in [0.29, 0.717) is 6.54 Å². The highest BCUT2D eigenvalue weighted by Crippen LogP contribution is 2.49. The van der Waals surface area contributed by atoms with E-state index >= 15 is 0 Å². The van der Waals surface area contributed by atoms with Crippen molar-refractivity contribution in [3.63, 3.8) is 0 Å². The standard InChI is InChI=1S/C12H20N2O5S/c1-3-13-11(18)14-10(17)8(2)20(19)7-12(4-5-12)6-9(15)16/h8H,3-7H2,1-2H3,(H,15,16)(H2,13,14,17,18). The van der Waals surface area contributed by atoms with E-state index in [1.54, 1.807) is 6.92 Å². The second-order valence-electron chi connectivity index (χ2n) is 5.09. The van der Waals surface area contributed by atoms with Crippen molar-refractivity contribution in [1.82, 2.24) is 10.6 Å². The van der Waals surface area contributed by atoms with Crippen LogP contribution < -0.4 is 10.6 Å². The third-order valence-electron chi connectivity index (χ3n) is 3.27. The topological polar surface area (TPSA) is 113 Å². The molecule has 2 unspecified atom stereocenters. The molecule has 0 saturated heterocycles. The maximum absolute atomic E-state index is 12.1. The molecule has 1 aliphatic carbocycles. The van der Waals surface area contributed by atoms with E-state index < -0.39 is 39.4 Å². The molecule has 114 valence electrons. The monoisotopic (exact) mass is 304 g/mol. The van der Waals surface area contributed by atoms with Gasteiger partial charge in [0.25, 0.3) is 0 Å². The summed E-state index contributed by atoms with van der Waals surface area (Å²) in [5, 5.41) is 12.5. The molecule has 0 heterocycles. The number of imide groups is 1. The second-order valence-corrected chi connectivity index (χ2v) is 6.84. The number of carboxylic acids is 1. The first-order chi connectivity index (χ1) is 9.29. The first-order valence-electron chi connectivity index (χ1n) is 6.47. The molecule has 0 aromatic heterocycles. The van der Waals surface area contributed by atoms with Crippen molar-refractivity contribution >= 4 is 28.7 Å². The molecule has 0 aromatic carbocycles. The number of amides is 3. The van der Waals surface area contributed by atoms with E-state index in [1.807, 2.05) is 0 Å². The third-order valence-corrected chi connectivity index (χ3v) is 5.17. The number of rotatable bonds is 7. The number of carboxylic acid groups (broad SMARTS) is 1. The van der Waals surface area contributed by atoms with Crippen molar-refractivity contribution < 1.29 is 23.7 Å². The zero-order valence-electron chi connectivity index (χ0n) is 11.6. The van der Waals surface area contributed by atoms with E-state index in [-0.39, 0.29) is 12.2 Å². The summed E-state index contributed by atoms with van der Waals surface area (Å²) in [7, 11) is -1.49. The normalized spacial score (nSPS) is 18.7. The molecule has 7 nitrogen and oxygen atoms in total. The van der Waals surface area contributed by atoms with Crippen molar-refractivity contribution in [2.75, 3.05) is 12.3 Å². The molecule has 3 N–H and O–H groups in total. The Morgan fingerprint density at radius 2 is 1.95 bits per heavy atom. The summed E-state index contributed by atoms with van der Waals surface area (Å²) in [6.45, 7) is 3.58. The predicted molar refractivity (Wildman–Crippen MR) is 73.6 cm³/mol. The van der Waals surface area contributed by atoms with Gasteiger partial charge in [-0.3, -0.25) is 19.1 Å². The number of urea groups is 1. The van der Waals surface area contributed by atoms with Crippen LogP contribution in [0.5, 0.6) is 0 Å². The minimum atomic E-state index is -1.49. The van der Waals surface area contributed by atoms with Gasteiger partial charge in [0.15, 0.2) is 0 Å². The lowest BCUT2D eigenvalue weighted by Gasteiger charge is -2.16. The molecule has 0 aliphatic heterocycles. The summed E-state index contributed by atoms with van der Waals surface area (Å²) < 4.78 is 12.1. The molecule has 1 saturated carbocycles. The summed E-state index contributed by atoms with van der Waals surface area (Å²) in [4.78, 5) is 33.6. The lowest BCUT2D eigenvalue weighted by atomic mass is 10.1. The minimum Gasteiger partial charge on any atom is -0.481 e. The smallest absolute Gasteiger partial charge is 0.321 e. The Balaban J connectivity index is 2.48. The van der Waals surface area contributed by atoms with E-state index in [2.05, 4.69) is 10.6 Å². The number of hydrogen-bond acceptors (Lipinski definition) is 4. The van der Waals surface area contributed by atoms with Gasteiger partial charge in [-0.25, -0.2) is 4.79 Å². The Hall–Kier alpha value is -1.44. The fraction of sp³-hybridized carbons (Fsp3) is 0.750. The highest BCUT2D eigenvalue weighted by molar-refractivity contribution is 7.86. The molecule has 20 heavy (non-hydrogen) atoms. The molecule has 0 spiro atoms. The largest absolute Gasteiger partial charge is 0.481 e. The Kier molecular flexibility index (Phi) is 5.67. The van der Waals surface area contributed by atoms with E-state index in [4.69, 9.17) is 5.11 Å². The van der Waals surface area contributed by atoms with Gasteiger partial charge < -0.3 is 10.4 Å². The fourth-order valence-electron chi connectivity index (χ4n) is 1.83. The zero-order chi connectivity index (χ0) is 15.3. The molecule has 1 fully saturated rings. The average molecular weight is 304 g/mol. The molecule has 0 aromatic rings. The summed E-state index contributed by atoms with van der Waals surface area (Å²) in [6, 6.07) is -0.618. The van der Waals surface area contributed by atoms with Crippen molar-refractivity contribution in [3.8, 4) is 0 Å². The number of aliphatic carboxylic acids is 1. The van der Waals surface area contributed by atoms with Gasteiger partial charge in [-0.05, 0) is 32.1 Å². The van der Waals surface area contributed by atoms with Crippen LogP contribution in [0.15, 0.2) is 0 Å². The highest BCUT2D eigenvalue weighted by atomic mass is 32.2. The molecular formula is C12H20N2O5S. The molecule has 0 bridgehead atoms. The van der Waals surface area contributed by atoms with E-state index in [1.165, 1.54) is 6.92 Å². The molecule has 8 heteroatoms. The lowest BCUT2D eigenvalue weighted by molar-refractivity contribution is -0.138. The van der Waals surface area contributed by atoms with Crippen LogP contribution in [0, 0.1) is 5.41 Å². The summed E-state index contributed by atoms with van der Waals surface area (Å²) in [6.07, 6.45) is 1.41.